The van der Waals surface area contributed by atoms with Crippen LogP contribution in [0.4, 0.5) is 0 Å². The summed E-state index contributed by atoms with van der Waals surface area (Å²) in [6.45, 7) is 4.17. The molecule has 0 aromatic heterocycles. The molecule has 0 aliphatic carbocycles. The van der Waals surface area contributed by atoms with Crippen molar-refractivity contribution in [3.63, 3.8) is 0 Å². The SMILES string of the molecule is CC/C=C\C/C=C\C/C=C\C/C=C\CCCCCCC(=O)O[C@H](COC(=O)CCCC/C=C\C/C=C\C/C=C\CCCCC)COP(=O)(O)OCC[N+](C)(C)C. The van der Waals surface area contributed by atoms with Crippen molar-refractivity contribution in [1.82, 2.24) is 0 Å². The fraction of sp³-hybridized carbons (Fsp3) is 0.652. The summed E-state index contributed by atoms with van der Waals surface area (Å²) in [6, 6.07) is 0. The first-order valence-corrected chi connectivity index (χ1v) is 22.8. The van der Waals surface area contributed by atoms with Gasteiger partial charge >= 0.3 is 19.8 Å². The summed E-state index contributed by atoms with van der Waals surface area (Å²) >= 11 is 0. The Bertz CT molecular complexity index is 1230. The van der Waals surface area contributed by atoms with Crippen molar-refractivity contribution >= 4 is 19.8 Å². The lowest BCUT2D eigenvalue weighted by Crippen LogP contribution is -2.37. The molecule has 0 fully saturated rings. The third-order valence-corrected chi connectivity index (χ3v) is 9.39. The first-order valence-electron chi connectivity index (χ1n) is 21.3. The smallest absolute Gasteiger partial charge is 0.462 e. The summed E-state index contributed by atoms with van der Waals surface area (Å²) < 4.78 is 34.2. The molecule has 0 aromatic rings. The third-order valence-electron chi connectivity index (χ3n) is 8.41. The Morgan fingerprint density at radius 1 is 0.571 bits per heavy atom. The molecular formula is C46H79NO8P+. The van der Waals surface area contributed by atoms with E-state index >= 15 is 0 Å². The molecule has 0 radical (unpaired) electrons. The van der Waals surface area contributed by atoms with Crippen LogP contribution < -0.4 is 0 Å². The molecule has 0 rings (SSSR count). The van der Waals surface area contributed by atoms with Gasteiger partial charge in [-0.1, -0.05) is 125 Å². The molecule has 0 saturated carbocycles. The summed E-state index contributed by atoms with van der Waals surface area (Å²) in [7, 11) is 1.42. The molecule has 0 aromatic carbocycles. The maximum atomic E-state index is 12.7. The fourth-order valence-electron chi connectivity index (χ4n) is 5.07. The predicted molar refractivity (Wildman–Crippen MR) is 233 cm³/mol. The molecule has 0 heterocycles. The lowest BCUT2D eigenvalue weighted by Gasteiger charge is -2.24. The molecule has 56 heavy (non-hydrogen) atoms. The number of unbranched alkanes of at least 4 members (excludes halogenated alkanes) is 9. The molecule has 0 saturated heterocycles. The Morgan fingerprint density at radius 2 is 1.02 bits per heavy atom. The average molecular weight is 805 g/mol. The summed E-state index contributed by atoms with van der Waals surface area (Å²) in [5.74, 6) is -0.881. The van der Waals surface area contributed by atoms with E-state index in [1.165, 1.54) is 19.3 Å². The van der Waals surface area contributed by atoms with Crippen LogP contribution in [0.5, 0.6) is 0 Å². The van der Waals surface area contributed by atoms with Gasteiger partial charge in [0.2, 0.25) is 0 Å². The maximum absolute atomic E-state index is 12.7. The van der Waals surface area contributed by atoms with E-state index < -0.39 is 32.5 Å². The quantitative estimate of drug-likeness (QED) is 0.0217. The van der Waals surface area contributed by atoms with Gasteiger partial charge in [0.25, 0.3) is 0 Å². The van der Waals surface area contributed by atoms with Gasteiger partial charge in [-0.2, -0.15) is 0 Å². The number of carbonyl (C=O) groups is 2. The molecule has 9 nitrogen and oxygen atoms in total. The van der Waals surface area contributed by atoms with Gasteiger partial charge in [-0.05, 0) is 89.9 Å². The molecular weight excluding hydrogens is 725 g/mol. The van der Waals surface area contributed by atoms with Gasteiger partial charge in [0.05, 0.1) is 27.7 Å². The highest BCUT2D eigenvalue weighted by atomic mass is 31.2. The number of carbonyl (C=O) groups excluding carboxylic acids is 2. The van der Waals surface area contributed by atoms with Gasteiger partial charge in [0.15, 0.2) is 6.10 Å². The van der Waals surface area contributed by atoms with Crippen LogP contribution in [0.15, 0.2) is 85.1 Å². The minimum absolute atomic E-state index is 0.0156. The minimum Gasteiger partial charge on any atom is -0.462 e. The number of phosphoric ester groups is 1. The number of rotatable bonds is 37. The maximum Gasteiger partial charge on any atom is 0.472 e. The lowest BCUT2D eigenvalue weighted by atomic mass is 10.1. The van der Waals surface area contributed by atoms with Crippen molar-refractivity contribution in [3.8, 4) is 0 Å². The number of nitrogens with zero attached hydrogens (tertiary/aromatic N) is 1. The van der Waals surface area contributed by atoms with Crippen LogP contribution >= 0.6 is 7.82 Å². The largest absolute Gasteiger partial charge is 0.472 e. The van der Waals surface area contributed by atoms with Crippen molar-refractivity contribution in [3.05, 3.63) is 85.1 Å². The number of likely N-dealkylation sites (N-methyl/N-ethyl adjacent to an activating group) is 1. The van der Waals surface area contributed by atoms with Crippen LogP contribution in [0.3, 0.4) is 0 Å². The van der Waals surface area contributed by atoms with Gasteiger partial charge in [-0.3, -0.25) is 18.6 Å². The first kappa shape index (κ1) is 53.2. The minimum atomic E-state index is -4.39. The molecule has 1 unspecified atom stereocenters. The van der Waals surface area contributed by atoms with Crippen LogP contribution in [0.2, 0.25) is 0 Å². The number of ether oxygens (including phenoxy) is 2. The average Bonchev–Trinajstić information content (AvgIpc) is 3.15. The molecule has 0 amide bonds. The Labute approximate surface area is 341 Å². The number of hydrogen-bond acceptors (Lipinski definition) is 7. The molecule has 0 aliphatic rings. The van der Waals surface area contributed by atoms with Crippen LogP contribution in [-0.2, 0) is 32.7 Å². The second-order valence-corrected chi connectivity index (χ2v) is 16.4. The van der Waals surface area contributed by atoms with E-state index in [0.29, 0.717) is 23.9 Å². The highest BCUT2D eigenvalue weighted by Crippen LogP contribution is 2.43. The van der Waals surface area contributed by atoms with E-state index in [1.54, 1.807) is 0 Å². The number of esters is 2. The van der Waals surface area contributed by atoms with Crippen molar-refractivity contribution in [2.75, 3.05) is 47.5 Å². The fourth-order valence-corrected chi connectivity index (χ4v) is 5.81. The highest BCUT2D eigenvalue weighted by molar-refractivity contribution is 7.47. The van der Waals surface area contributed by atoms with E-state index in [1.807, 2.05) is 21.1 Å². The predicted octanol–water partition coefficient (Wildman–Crippen LogP) is 12.0. The zero-order valence-electron chi connectivity index (χ0n) is 35.8. The zero-order valence-corrected chi connectivity index (χ0v) is 36.7. The van der Waals surface area contributed by atoms with Crippen LogP contribution in [0.25, 0.3) is 0 Å². The summed E-state index contributed by atoms with van der Waals surface area (Å²) in [6.07, 6.45) is 47.7. The standard InChI is InChI=1S/C46H78NO8P/c1-6-8-10-12-14-16-18-20-22-23-25-27-29-31-33-35-37-39-46(49)55-44(43-54-56(50,51)53-41-40-47(3,4)5)42-52-45(48)38-36-34-32-30-28-26-24-21-19-17-15-13-11-9-7-2/h8,10,14-17,20-22,24-25,27-28,30,44H,6-7,9,11-13,18-19,23,26,29,31-43H2,1-5H3/p+1/b10-8-,16-14-,17-15-,22-20-,24-21-,27-25-,30-28-/t44-/m1/s1. The second kappa shape index (κ2) is 37.7. The van der Waals surface area contributed by atoms with Crippen LogP contribution in [-0.4, -0.2) is 74.9 Å². The summed E-state index contributed by atoms with van der Waals surface area (Å²) in [5.41, 5.74) is 0. The lowest BCUT2D eigenvalue weighted by molar-refractivity contribution is -0.870. The monoisotopic (exact) mass is 805 g/mol. The number of phosphoric acid groups is 1. The number of hydrogen-bond donors (Lipinski definition) is 1. The van der Waals surface area contributed by atoms with Gasteiger partial charge in [-0.25, -0.2) is 4.57 Å². The molecule has 0 spiro atoms. The van der Waals surface area contributed by atoms with Gasteiger partial charge in [0, 0.05) is 12.8 Å². The van der Waals surface area contributed by atoms with Gasteiger partial charge < -0.3 is 18.9 Å². The molecule has 0 aliphatic heterocycles. The van der Waals surface area contributed by atoms with Crippen LogP contribution in [0, 0.1) is 0 Å². The molecule has 2 atom stereocenters. The van der Waals surface area contributed by atoms with Crippen LogP contribution in [0.1, 0.15) is 142 Å². The van der Waals surface area contributed by atoms with E-state index in [-0.39, 0.29) is 26.1 Å². The molecule has 320 valence electrons. The van der Waals surface area contributed by atoms with E-state index in [9.17, 15) is 19.0 Å². The van der Waals surface area contributed by atoms with Crippen molar-refractivity contribution in [2.24, 2.45) is 0 Å². The highest BCUT2D eigenvalue weighted by Gasteiger charge is 2.27. The van der Waals surface area contributed by atoms with Crippen molar-refractivity contribution < 1.29 is 42.1 Å². The molecule has 10 heteroatoms. The van der Waals surface area contributed by atoms with E-state index in [0.717, 1.165) is 83.5 Å². The van der Waals surface area contributed by atoms with Crippen molar-refractivity contribution in [1.29, 1.82) is 0 Å². The van der Waals surface area contributed by atoms with E-state index in [4.69, 9.17) is 18.5 Å². The van der Waals surface area contributed by atoms with Gasteiger partial charge in [-0.15, -0.1) is 0 Å². The molecule has 0 bridgehead atoms. The zero-order chi connectivity index (χ0) is 41.4. The first-order chi connectivity index (χ1) is 27.0. The number of quaternary nitrogens is 1. The van der Waals surface area contributed by atoms with E-state index in [2.05, 4.69) is 98.9 Å². The Hall–Kier alpha value is -2.81. The summed E-state index contributed by atoms with van der Waals surface area (Å²) in [5, 5.41) is 0. The van der Waals surface area contributed by atoms with Crippen molar-refractivity contribution in [2.45, 2.75) is 148 Å². The summed E-state index contributed by atoms with van der Waals surface area (Å²) in [4.78, 5) is 35.3. The topological polar surface area (TPSA) is 108 Å². The normalized spacial score (nSPS) is 14.5. The molecule has 1 N–H and O–H groups in total. The Balaban J connectivity index is 4.52. The Kier molecular flexibility index (Phi) is 35.9. The third kappa shape index (κ3) is 40.8. The Morgan fingerprint density at radius 3 is 1.54 bits per heavy atom. The van der Waals surface area contributed by atoms with Gasteiger partial charge in [0.1, 0.15) is 19.8 Å². The number of allylic oxidation sites excluding steroid dienone is 14. The second-order valence-electron chi connectivity index (χ2n) is 15.0.